The van der Waals surface area contributed by atoms with Crippen molar-refractivity contribution in [2.75, 3.05) is 13.7 Å². The first kappa shape index (κ1) is 23.1. The van der Waals surface area contributed by atoms with Crippen LogP contribution in [0.3, 0.4) is 0 Å². The van der Waals surface area contributed by atoms with Crippen molar-refractivity contribution in [3.63, 3.8) is 0 Å². The van der Waals surface area contributed by atoms with Gasteiger partial charge in [0, 0.05) is 34.8 Å². The molecule has 4 rings (SSSR count). The molecule has 0 saturated carbocycles. The number of para-hydroxylation sites is 1. The number of halogens is 1. The average Bonchev–Trinajstić information content (AvgIpc) is 3.41. The number of allylic oxidation sites excluding steroid dienone is 1. The van der Waals surface area contributed by atoms with Gasteiger partial charge in [0.05, 0.1) is 24.3 Å². The van der Waals surface area contributed by atoms with Crippen LogP contribution in [0.2, 0.25) is 5.02 Å². The van der Waals surface area contributed by atoms with Crippen molar-refractivity contribution >= 4 is 40.3 Å². The maximum atomic E-state index is 11.5. The van der Waals surface area contributed by atoms with Crippen LogP contribution in [0.15, 0.2) is 59.7 Å². The smallest absolute Gasteiger partial charge is 0.343 e. The molecule has 0 radical (unpaired) electrons. The van der Waals surface area contributed by atoms with Gasteiger partial charge in [-0.25, -0.2) is 4.79 Å². The highest BCUT2D eigenvalue weighted by Gasteiger charge is 2.39. The van der Waals surface area contributed by atoms with Crippen LogP contribution in [0, 0.1) is 0 Å². The summed E-state index contributed by atoms with van der Waals surface area (Å²) in [6.45, 7) is 1.95. The topological polar surface area (TPSA) is 83.9 Å². The minimum Gasteiger partial charge on any atom is -0.480 e. The third kappa shape index (κ3) is 4.68. The van der Waals surface area contributed by atoms with Crippen LogP contribution in [0.5, 0.6) is 5.75 Å². The van der Waals surface area contributed by atoms with Gasteiger partial charge in [-0.05, 0) is 41.8 Å². The Morgan fingerprint density at radius 1 is 1.27 bits per heavy atom. The maximum absolute atomic E-state index is 11.5. The Morgan fingerprint density at radius 3 is 2.85 bits per heavy atom. The number of rotatable bonds is 9. The monoisotopic (exact) mass is 466 g/mol. The van der Waals surface area contributed by atoms with Crippen LogP contribution in [0.4, 0.5) is 0 Å². The van der Waals surface area contributed by atoms with E-state index >= 15 is 0 Å². The number of hydrogen-bond acceptors (Lipinski definition) is 5. The Morgan fingerprint density at radius 2 is 2.09 bits per heavy atom. The zero-order valence-electron chi connectivity index (χ0n) is 18.7. The van der Waals surface area contributed by atoms with Crippen molar-refractivity contribution in [3.05, 3.63) is 70.9 Å². The van der Waals surface area contributed by atoms with Gasteiger partial charge in [0.25, 0.3) is 0 Å². The number of nitrogens with one attached hydrogen (secondary N) is 1. The van der Waals surface area contributed by atoms with Crippen LogP contribution in [-0.4, -0.2) is 41.5 Å². The predicted molar refractivity (Wildman–Crippen MR) is 131 cm³/mol. The molecular weight excluding hydrogens is 440 g/mol. The molecule has 2 unspecified atom stereocenters. The minimum atomic E-state index is -0.710. The van der Waals surface area contributed by atoms with E-state index in [4.69, 9.17) is 21.3 Å². The molecule has 3 aromatic rings. The van der Waals surface area contributed by atoms with Crippen molar-refractivity contribution in [1.82, 2.24) is 4.98 Å². The van der Waals surface area contributed by atoms with Crippen molar-refractivity contribution in [1.29, 1.82) is 0 Å². The average molecular weight is 467 g/mol. The van der Waals surface area contributed by atoms with Gasteiger partial charge in [0.1, 0.15) is 5.75 Å². The number of methoxy groups -OCH3 is 1. The van der Waals surface area contributed by atoms with Gasteiger partial charge in [0.15, 0.2) is 6.61 Å². The molecule has 172 valence electrons. The maximum Gasteiger partial charge on any atom is 0.343 e. The molecule has 1 aliphatic heterocycles. The summed E-state index contributed by atoms with van der Waals surface area (Å²) >= 11 is 6.15. The summed E-state index contributed by atoms with van der Waals surface area (Å²) in [5, 5.41) is 12.6. The van der Waals surface area contributed by atoms with Gasteiger partial charge in [-0.3, -0.25) is 4.99 Å². The van der Waals surface area contributed by atoms with E-state index in [0.717, 1.165) is 40.4 Å². The van der Waals surface area contributed by atoms with Crippen LogP contribution in [0.1, 0.15) is 43.4 Å². The lowest BCUT2D eigenvalue weighted by Gasteiger charge is -2.32. The Labute approximate surface area is 197 Å². The van der Waals surface area contributed by atoms with Gasteiger partial charge in [-0.15, -0.1) is 0 Å². The predicted octanol–water partition coefficient (Wildman–Crippen LogP) is 5.50. The summed E-state index contributed by atoms with van der Waals surface area (Å²) in [5.74, 6) is 0.131. The fourth-order valence-corrected chi connectivity index (χ4v) is 4.71. The fourth-order valence-electron chi connectivity index (χ4n) is 4.51. The lowest BCUT2D eigenvalue weighted by molar-refractivity contribution is -0.142. The molecule has 0 spiro atoms. The molecule has 0 fully saturated rings. The molecule has 33 heavy (non-hydrogen) atoms. The molecule has 1 aromatic heterocycles. The Balaban J connectivity index is 1.68. The molecule has 2 heterocycles. The Bertz CT molecular complexity index is 1220. The summed E-state index contributed by atoms with van der Waals surface area (Å²) in [6, 6.07) is 13.0. The van der Waals surface area contributed by atoms with E-state index < -0.39 is 17.6 Å². The highest BCUT2D eigenvalue weighted by atomic mass is 35.5. The fraction of sp³-hybridized carbons (Fsp3) is 0.308. The van der Waals surface area contributed by atoms with Gasteiger partial charge in [0.2, 0.25) is 0 Å². The number of hydrogen-bond donors (Lipinski definition) is 2. The van der Waals surface area contributed by atoms with Crippen LogP contribution in [0.25, 0.3) is 16.5 Å². The van der Waals surface area contributed by atoms with Gasteiger partial charge < -0.3 is 19.6 Å². The van der Waals surface area contributed by atoms with E-state index in [1.54, 1.807) is 12.1 Å². The van der Waals surface area contributed by atoms with E-state index in [1.165, 1.54) is 7.11 Å². The second-order valence-corrected chi connectivity index (χ2v) is 8.60. The largest absolute Gasteiger partial charge is 0.480 e. The number of aliphatic hydroxyl groups excluding tert-OH is 1. The number of carbonyl (C=O) groups is 1. The second kappa shape index (κ2) is 9.81. The first-order valence-corrected chi connectivity index (χ1v) is 11.3. The van der Waals surface area contributed by atoms with E-state index in [-0.39, 0.29) is 6.61 Å². The van der Waals surface area contributed by atoms with E-state index in [1.807, 2.05) is 48.8 Å². The Hall–Kier alpha value is -3.09. The van der Waals surface area contributed by atoms with Crippen LogP contribution >= 0.6 is 11.6 Å². The standard InChI is InChI=1S/C26H27ClN2O4/c1-3-11-26(14-22(30)17-6-4-7-18(27)13-17)21(10-12-29-26)20-15-28-25-19(20)8-5-9-23(25)33-16-24(31)32-2/h4-10,12-13,15,22,28,30H,3,11,14,16H2,1-2H3. The summed E-state index contributed by atoms with van der Waals surface area (Å²) in [5.41, 5.74) is 3.05. The van der Waals surface area contributed by atoms with Gasteiger partial charge in [-0.1, -0.05) is 49.2 Å². The Kier molecular flexibility index (Phi) is 6.86. The van der Waals surface area contributed by atoms with Crippen LogP contribution in [-0.2, 0) is 9.53 Å². The summed E-state index contributed by atoms with van der Waals surface area (Å²) in [4.78, 5) is 19.7. The second-order valence-electron chi connectivity index (χ2n) is 8.16. The van der Waals surface area contributed by atoms with Crippen LogP contribution < -0.4 is 4.74 Å². The first-order valence-electron chi connectivity index (χ1n) is 11.0. The first-order chi connectivity index (χ1) is 16.0. The third-order valence-corrected chi connectivity index (χ3v) is 6.27. The number of aromatic amines is 1. The van der Waals surface area contributed by atoms with Gasteiger partial charge >= 0.3 is 5.97 Å². The number of esters is 1. The highest BCUT2D eigenvalue weighted by molar-refractivity contribution is 6.30. The molecule has 2 N–H and O–H groups in total. The number of carbonyl (C=O) groups excluding carboxylic acids is 1. The number of benzene rings is 2. The summed E-state index contributed by atoms with van der Waals surface area (Å²) < 4.78 is 10.3. The van der Waals surface area contributed by atoms with Crippen molar-refractivity contribution in [2.45, 2.75) is 37.8 Å². The molecule has 2 aromatic carbocycles. The lowest BCUT2D eigenvalue weighted by Crippen LogP contribution is -2.29. The molecule has 1 aliphatic rings. The number of aliphatic hydroxyl groups is 1. The number of H-pyrrole nitrogens is 1. The zero-order valence-corrected chi connectivity index (χ0v) is 19.4. The molecule has 0 amide bonds. The molecule has 2 atom stereocenters. The van der Waals surface area contributed by atoms with Crippen molar-refractivity contribution in [3.8, 4) is 5.75 Å². The van der Waals surface area contributed by atoms with E-state index in [2.05, 4.69) is 16.6 Å². The van der Waals surface area contributed by atoms with Crippen molar-refractivity contribution < 1.29 is 19.4 Å². The SMILES string of the molecule is CCCC1(CC(O)c2cccc(Cl)c2)N=CC=C1c1c[nH]c2c(OCC(=O)OC)cccc12. The summed E-state index contributed by atoms with van der Waals surface area (Å²) in [7, 11) is 1.33. The molecule has 0 aliphatic carbocycles. The van der Waals surface area contributed by atoms with Gasteiger partial charge in [-0.2, -0.15) is 0 Å². The number of aliphatic imine (C=N–C) groups is 1. The molecule has 0 saturated heterocycles. The lowest BCUT2D eigenvalue weighted by atomic mass is 9.78. The number of fused-ring (bicyclic) bond motifs is 1. The molecule has 7 heteroatoms. The summed E-state index contributed by atoms with van der Waals surface area (Å²) in [6.07, 6.45) is 7.21. The minimum absolute atomic E-state index is 0.165. The quantitative estimate of drug-likeness (QED) is 0.407. The van der Waals surface area contributed by atoms with Crippen molar-refractivity contribution in [2.24, 2.45) is 4.99 Å². The highest BCUT2D eigenvalue weighted by Crippen LogP contribution is 2.46. The molecule has 6 nitrogen and oxygen atoms in total. The molecule has 0 bridgehead atoms. The zero-order chi connectivity index (χ0) is 23.4. The van der Waals surface area contributed by atoms with E-state index in [0.29, 0.717) is 17.2 Å². The number of nitrogens with zero attached hydrogens (tertiary/aromatic N) is 1. The third-order valence-electron chi connectivity index (χ3n) is 6.03. The normalized spacial score (nSPS) is 18.4. The number of ether oxygens (including phenoxy) is 2. The van der Waals surface area contributed by atoms with E-state index in [9.17, 15) is 9.90 Å². The molecular formula is C26H27ClN2O4. The number of aromatic nitrogens is 1.